The molecule has 25 heavy (non-hydrogen) atoms. The molecule has 3 N–H and O–H groups in total. The molecule has 6 nitrogen and oxygen atoms in total. The Morgan fingerprint density at radius 3 is 2.88 bits per heavy atom. The lowest BCUT2D eigenvalue weighted by Crippen LogP contribution is -2.39. The van der Waals surface area contributed by atoms with Crippen molar-refractivity contribution in [2.24, 2.45) is 23.9 Å². The number of aryl methyl sites for hydroxylation is 1. The molecule has 142 valence electrons. The number of nitrogens with one attached hydrogen (secondary N) is 2. The van der Waals surface area contributed by atoms with Gasteiger partial charge in [0, 0.05) is 31.9 Å². The Labute approximate surface area is 152 Å². The lowest BCUT2D eigenvalue weighted by molar-refractivity contribution is 0.0671. The van der Waals surface area contributed by atoms with Gasteiger partial charge in [-0.15, -0.1) is 0 Å². The third-order valence-corrected chi connectivity index (χ3v) is 5.11. The molecule has 1 saturated carbocycles. The van der Waals surface area contributed by atoms with Crippen molar-refractivity contribution in [3.63, 3.8) is 0 Å². The molecule has 1 aromatic rings. The molecule has 0 aliphatic heterocycles. The minimum Gasteiger partial charge on any atom is -0.383 e. The largest absolute Gasteiger partial charge is 0.383 e. The molecule has 0 aromatic carbocycles. The highest BCUT2D eigenvalue weighted by atomic mass is 16.3. The molecule has 0 bridgehead atoms. The Bertz CT molecular complexity index is 552. The Morgan fingerprint density at radius 1 is 1.44 bits per heavy atom. The van der Waals surface area contributed by atoms with Gasteiger partial charge in [-0.25, -0.2) is 4.99 Å². The van der Waals surface area contributed by atoms with E-state index < -0.39 is 5.60 Å². The van der Waals surface area contributed by atoms with E-state index in [1.165, 1.54) is 32.1 Å². The van der Waals surface area contributed by atoms with E-state index in [0.717, 1.165) is 36.4 Å². The summed E-state index contributed by atoms with van der Waals surface area (Å²) in [5.41, 5.74) is -0.235. The number of hydrogen-bond acceptors (Lipinski definition) is 3. The Hall–Kier alpha value is -1.56. The van der Waals surface area contributed by atoms with E-state index in [2.05, 4.69) is 34.6 Å². The first-order valence-corrected chi connectivity index (χ1v) is 9.64. The fourth-order valence-corrected chi connectivity index (χ4v) is 3.58. The Morgan fingerprint density at radius 2 is 2.24 bits per heavy atom. The van der Waals surface area contributed by atoms with Crippen molar-refractivity contribution in [3.8, 4) is 0 Å². The van der Waals surface area contributed by atoms with E-state index in [9.17, 15) is 5.11 Å². The fourth-order valence-electron chi connectivity index (χ4n) is 3.58. The smallest absolute Gasteiger partial charge is 0.191 e. The van der Waals surface area contributed by atoms with Crippen LogP contribution in [0, 0.1) is 11.8 Å². The minimum absolute atomic E-state index is 0.300. The second-order valence-corrected chi connectivity index (χ2v) is 7.72. The zero-order valence-electron chi connectivity index (χ0n) is 16.3. The Kier molecular flexibility index (Phi) is 7.29. The summed E-state index contributed by atoms with van der Waals surface area (Å²) in [6.45, 7) is 8.24. The average molecular weight is 350 g/mol. The predicted octanol–water partition coefficient (Wildman–Crippen LogP) is 2.40. The van der Waals surface area contributed by atoms with Crippen LogP contribution in [0.2, 0.25) is 0 Å². The number of aliphatic imine (C=N–C) groups is 1. The van der Waals surface area contributed by atoms with Crippen LogP contribution in [-0.2, 0) is 12.6 Å². The monoisotopic (exact) mass is 349 g/mol. The molecule has 3 atom stereocenters. The van der Waals surface area contributed by atoms with E-state index in [1.54, 1.807) is 17.8 Å². The number of hydrogen-bond donors (Lipinski definition) is 3. The third-order valence-electron chi connectivity index (χ3n) is 5.11. The topological polar surface area (TPSA) is 74.5 Å². The number of guanidine groups is 1. The summed E-state index contributed by atoms with van der Waals surface area (Å²) >= 11 is 0. The molecular weight excluding hydrogens is 314 g/mol. The van der Waals surface area contributed by atoms with Gasteiger partial charge in [-0.3, -0.25) is 4.68 Å². The van der Waals surface area contributed by atoms with Crippen molar-refractivity contribution in [2.75, 3.05) is 19.6 Å². The summed E-state index contributed by atoms with van der Waals surface area (Å²) in [6.07, 6.45) is 10.2. The lowest BCUT2D eigenvalue weighted by atomic mass is 9.81. The van der Waals surface area contributed by atoms with Gasteiger partial charge in [0.25, 0.3) is 0 Å². The molecule has 1 fully saturated rings. The van der Waals surface area contributed by atoms with Gasteiger partial charge < -0.3 is 15.7 Å². The van der Waals surface area contributed by atoms with Crippen molar-refractivity contribution in [1.29, 1.82) is 0 Å². The third kappa shape index (κ3) is 6.34. The highest BCUT2D eigenvalue weighted by molar-refractivity contribution is 5.79. The molecule has 1 aromatic heterocycles. The highest BCUT2D eigenvalue weighted by Crippen LogP contribution is 2.30. The van der Waals surface area contributed by atoms with Gasteiger partial charge in [0.15, 0.2) is 5.96 Å². The highest BCUT2D eigenvalue weighted by Gasteiger charge is 2.24. The van der Waals surface area contributed by atoms with Gasteiger partial charge in [-0.1, -0.05) is 26.2 Å². The molecule has 3 unspecified atom stereocenters. The predicted molar refractivity (Wildman–Crippen MR) is 102 cm³/mol. The molecule has 0 radical (unpaired) electrons. The van der Waals surface area contributed by atoms with Gasteiger partial charge in [-0.2, -0.15) is 5.10 Å². The van der Waals surface area contributed by atoms with Crippen molar-refractivity contribution in [2.45, 2.75) is 58.5 Å². The van der Waals surface area contributed by atoms with Gasteiger partial charge in [0.05, 0.1) is 12.7 Å². The molecule has 1 aliphatic rings. The second kappa shape index (κ2) is 9.22. The zero-order chi connectivity index (χ0) is 18.3. The van der Waals surface area contributed by atoms with Crippen molar-refractivity contribution >= 4 is 5.96 Å². The maximum atomic E-state index is 10.7. The van der Waals surface area contributed by atoms with E-state index in [4.69, 9.17) is 0 Å². The minimum atomic E-state index is -1.02. The molecule has 6 heteroatoms. The summed E-state index contributed by atoms with van der Waals surface area (Å²) in [7, 11) is 1.85. The zero-order valence-corrected chi connectivity index (χ0v) is 16.3. The summed E-state index contributed by atoms with van der Waals surface area (Å²) < 4.78 is 1.70. The summed E-state index contributed by atoms with van der Waals surface area (Å²) in [6, 6.07) is 0. The van der Waals surface area contributed by atoms with Gasteiger partial charge in [0.2, 0.25) is 0 Å². The average Bonchev–Trinajstić information content (AvgIpc) is 3.00. The summed E-state index contributed by atoms with van der Waals surface area (Å²) in [5.74, 6) is 2.48. The maximum absolute atomic E-state index is 10.7. The fraction of sp³-hybridized carbons (Fsp3) is 0.789. The van der Waals surface area contributed by atoms with Crippen LogP contribution in [-0.4, -0.2) is 40.5 Å². The molecule has 1 aliphatic carbocycles. The van der Waals surface area contributed by atoms with E-state index >= 15 is 0 Å². The van der Waals surface area contributed by atoms with E-state index in [-0.39, 0.29) is 0 Å². The van der Waals surface area contributed by atoms with Crippen LogP contribution in [0.25, 0.3) is 0 Å². The number of nitrogens with zero attached hydrogens (tertiary/aromatic N) is 3. The van der Waals surface area contributed by atoms with Gasteiger partial charge in [-0.05, 0) is 38.5 Å². The van der Waals surface area contributed by atoms with E-state index in [0.29, 0.717) is 6.54 Å². The normalized spacial score (nSPS) is 24.0. The number of rotatable bonds is 7. The van der Waals surface area contributed by atoms with Crippen LogP contribution in [0.5, 0.6) is 0 Å². The first-order valence-electron chi connectivity index (χ1n) is 9.64. The molecule has 0 saturated heterocycles. The van der Waals surface area contributed by atoms with Crippen molar-refractivity contribution in [1.82, 2.24) is 20.4 Å². The molecular formula is C19H35N5O. The lowest BCUT2D eigenvalue weighted by Gasteiger charge is -2.27. The summed E-state index contributed by atoms with van der Waals surface area (Å²) in [4.78, 5) is 4.58. The molecule has 0 amide bonds. The van der Waals surface area contributed by atoms with Crippen LogP contribution in [0.3, 0.4) is 0 Å². The summed E-state index contributed by atoms with van der Waals surface area (Å²) in [5, 5.41) is 21.5. The molecule has 1 heterocycles. The standard InChI is InChI=1S/C19H35N5O/c1-5-20-18(21-10-9-16-8-6-7-15(2)11-16)22-14-19(3,25)17-12-23-24(4)13-17/h12-13,15-16,25H,5-11,14H2,1-4H3,(H2,20,21,22). The van der Waals surface area contributed by atoms with Crippen LogP contribution in [0.15, 0.2) is 17.4 Å². The van der Waals surface area contributed by atoms with Crippen LogP contribution in [0.1, 0.15) is 58.4 Å². The first-order chi connectivity index (χ1) is 11.9. The SMILES string of the molecule is CCNC(=NCC(C)(O)c1cnn(C)c1)NCCC1CCCC(C)C1. The van der Waals surface area contributed by atoms with Gasteiger partial charge >= 0.3 is 0 Å². The van der Waals surface area contributed by atoms with E-state index in [1.807, 2.05) is 13.2 Å². The van der Waals surface area contributed by atoms with Crippen LogP contribution >= 0.6 is 0 Å². The second-order valence-electron chi connectivity index (χ2n) is 7.72. The van der Waals surface area contributed by atoms with Crippen molar-refractivity contribution in [3.05, 3.63) is 18.0 Å². The van der Waals surface area contributed by atoms with Crippen LogP contribution in [0.4, 0.5) is 0 Å². The Balaban J connectivity index is 1.85. The van der Waals surface area contributed by atoms with Gasteiger partial charge in [0.1, 0.15) is 5.60 Å². The van der Waals surface area contributed by atoms with Crippen LogP contribution < -0.4 is 10.6 Å². The van der Waals surface area contributed by atoms with Crippen molar-refractivity contribution < 1.29 is 5.11 Å². The maximum Gasteiger partial charge on any atom is 0.191 e. The first kappa shape index (κ1) is 19.8. The number of aromatic nitrogens is 2. The number of aliphatic hydroxyl groups is 1. The quantitative estimate of drug-likeness (QED) is 0.522. The molecule has 2 rings (SSSR count). The molecule has 0 spiro atoms.